The van der Waals surface area contributed by atoms with Gasteiger partial charge in [-0.1, -0.05) is 24.8 Å². The van der Waals surface area contributed by atoms with Gasteiger partial charge in [0, 0.05) is 13.2 Å². The van der Waals surface area contributed by atoms with Crippen molar-refractivity contribution >= 4 is 0 Å². The molecular weight excluding hydrogens is 242 g/mol. The Kier molecular flexibility index (Phi) is 8.72. The summed E-state index contributed by atoms with van der Waals surface area (Å²) in [4.78, 5) is 0. The molecule has 0 fully saturated rings. The number of benzene rings is 1. The number of hydrogen-bond acceptors (Lipinski definition) is 4. The molecule has 0 saturated carbocycles. The van der Waals surface area contributed by atoms with Gasteiger partial charge in [-0.15, -0.1) is 0 Å². The Morgan fingerprint density at radius 2 is 2.00 bits per heavy atom. The fraction of sp³-hybridized carbons (Fsp3) is 0.467. The van der Waals surface area contributed by atoms with E-state index in [1.165, 1.54) is 5.56 Å². The van der Waals surface area contributed by atoms with E-state index in [2.05, 4.69) is 11.9 Å². The standard InChI is InChI=1S/C15H23NO3/c1-2-10-19-15-6-4-14(5-7-15)13-16-8-3-11-18-12-9-17/h2,4-7,16-17H,1,3,8-13H2. The highest BCUT2D eigenvalue weighted by atomic mass is 16.5. The second-order valence-electron chi connectivity index (χ2n) is 4.11. The number of aliphatic hydroxyl groups is 1. The molecule has 4 heteroatoms. The van der Waals surface area contributed by atoms with Gasteiger partial charge in [0.25, 0.3) is 0 Å². The summed E-state index contributed by atoms with van der Waals surface area (Å²) in [5.41, 5.74) is 1.22. The highest BCUT2D eigenvalue weighted by molar-refractivity contribution is 5.27. The predicted octanol–water partition coefficient (Wildman–Crippen LogP) is 1.74. The molecule has 0 aliphatic carbocycles. The van der Waals surface area contributed by atoms with Crippen LogP contribution in [0.4, 0.5) is 0 Å². The fourth-order valence-electron chi connectivity index (χ4n) is 1.56. The second-order valence-corrected chi connectivity index (χ2v) is 4.11. The number of rotatable bonds is 11. The molecule has 0 aliphatic heterocycles. The Bertz CT molecular complexity index is 338. The van der Waals surface area contributed by atoms with Gasteiger partial charge in [0.05, 0.1) is 13.2 Å². The van der Waals surface area contributed by atoms with Gasteiger partial charge in [0.2, 0.25) is 0 Å². The van der Waals surface area contributed by atoms with Crippen molar-refractivity contribution in [3.05, 3.63) is 42.5 Å². The van der Waals surface area contributed by atoms with Crippen LogP contribution in [-0.4, -0.2) is 38.1 Å². The van der Waals surface area contributed by atoms with Crippen LogP contribution in [0.1, 0.15) is 12.0 Å². The van der Waals surface area contributed by atoms with Crippen LogP contribution in [0.3, 0.4) is 0 Å². The van der Waals surface area contributed by atoms with Crippen molar-refractivity contribution < 1.29 is 14.6 Å². The highest BCUT2D eigenvalue weighted by Crippen LogP contribution is 2.11. The van der Waals surface area contributed by atoms with Gasteiger partial charge in [-0.2, -0.15) is 0 Å². The molecular formula is C15H23NO3. The van der Waals surface area contributed by atoms with Gasteiger partial charge in [-0.3, -0.25) is 0 Å². The van der Waals surface area contributed by atoms with Crippen molar-refractivity contribution in [2.45, 2.75) is 13.0 Å². The number of nitrogens with one attached hydrogen (secondary N) is 1. The van der Waals surface area contributed by atoms with E-state index in [0.717, 1.165) is 25.3 Å². The number of ether oxygens (including phenoxy) is 2. The van der Waals surface area contributed by atoms with E-state index in [1.807, 2.05) is 24.3 Å². The molecule has 0 atom stereocenters. The zero-order valence-electron chi connectivity index (χ0n) is 11.3. The molecule has 0 aliphatic rings. The summed E-state index contributed by atoms with van der Waals surface area (Å²) in [5, 5.41) is 11.9. The summed E-state index contributed by atoms with van der Waals surface area (Å²) in [5.74, 6) is 0.862. The van der Waals surface area contributed by atoms with E-state index >= 15 is 0 Å². The third-order valence-electron chi connectivity index (χ3n) is 2.50. The van der Waals surface area contributed by atoms with E-state index in [-0.39, 0.29) is 6.61 Å². The van der Waals surface area contributed by atoms with Gasteiger partial charge in [0.1, 0.15) is 12.4 Å². The summed E-state index contributed by atoms with van der Waals surface area (Å²) >= 11 is 0. The Labute approximate surface area is 115 Å². The Morgan fingerprint density at radius 3 is 2.68 bits per heavy atom. The second kappa shape index (κ2) is 10.6. The minimum atomic E-state index is 0.0910. The summed E-state index contributed by atoms with van der Waals surface area (Å²) < 4.78 is 10.6. The summed E-state index contributed by atoms with van der Waals surface area (Å²) in [6.07, 6.45) is 2.68. The van der Waals surface area contributed by atoms with E-state index in [4.69, 9.17) is 14.6 Å². The van der Waals surface area contributed by atoms with Crippen molar-refractivity contribution in [2.24, 2.45) is 0 Å². The van der Waals surface area contributed by atoms with Gasteiger partial charge in [-0.25, -0.2) is 0 Å². The first-order valence-electron chi connectivity index (χ1n) is 6.58. The zero-order chi connectivity index (χ0) is 13.8. The molecule has 2 N–H and O–H groups in total. The Hall–Kier alpha value is -1.36. The normalized spacial score (nSPS) is 10.4. The van der Waals surface area contributed by atoms with Crippen molar-refractivity contribution in [1.82, 2.24) is 5.32 Å². The van der Waals surface area contributed by atoms with Crippen LogP contribution in [0.15, 0.2) is 36.9 Å². The van der Waals surface area contributed by atoms with Crippen molar-refractivity contribution in [3.63, 3.8) is 0 Å². The van der Waals surface area contributed by atoms with Crippen LogP contribution in [0.2, 0.25) is 0 Å². The topological polar surface area (TPSA) is 50.7 Å². The molecule has 0 heterocycles. The number of hydrogen-bond donors (Lipinski definition) is 2. The van der Waals surface area contributed by atoms with Crippen LogP contribution in [0.5, 0.6) is 5.75 Å². The lowest BCUT2D eigenvalue weighted by atomic mass is 10.2. The van der Waals surface area contributed by atoms with Crippen LogP contribution in [-0.2, 0) is 11.3 Å². The van der Waals surface area contributed by atoms with Crippen molar-refractivity contribution in [2.75, 3.05) is 33.0 Å². The lowest BCUT2D eigenvalue weighted by Gasteiger charge is -2.07. The Balaban J connectivity index is 2.10. The van der Waals surface area contributed by atoms with Crippen LogP contribution >= 0.6 is 0 Å². The maximum Gasteiger partial charge on any atom is 0.119 e. The third-order valence-corrected chi connectivity index (χ3v) is 2.50. The average molecular weight is 265 g/mol. The highest BCUT2D eigenvalue weighted by Gasteiger charge is 1.95. The molecule has 0 unspecified atom stereocenters. The monoisotopic (exact) mass is 265 g/mol. The maximum atomic E-state index is 8.54. The quantitative estimate of drug-likeness (QED) is 0.473. The first-order valence-corrected chi connectivity index (χ1v) is 6.58. The molecule has 0 bridgehead atoms. The number of aliphatic hydroxyl groups excluding tert-OH is 1. The molecule has 0 spiro atoms. The molecule has 0 radical (unpaired) electrons. The molecule has 19 heavy (non-hydrogen) atoms. The summed E-state index contributed by atoms with van der Waals surface area (Å²) in [6, 6.07) is 8.02. The van der Waals surface area contributed by atoms with Crippen molar-refractivity contribution in [3.8, 4) is 5.75 Å². The average Bonchev–Trinajstić information content (AvgIpc) is 2.45. The van der Waals surface area contributed by atoms with Gasteiger partial charge in [-0.05, 0) is 30.7 Å². The minimum absolute atomic E-state index is 0.0910. The Morgan fingerprint density at radius 1 is 1.21 bits per heavy atom. The van der Waals surface area contributed by atoms with E-state index in [9.17, 15) is 0 Å². The SMILES string of the molecule is C=CCOc1ccc(CNCCCOCCO)cc1. The molecule has 0 saturated heterocycles. The first kappa shape index (κ1) is 15.7. The summed E-state index contributed by atoms with van der Waals surface area (Å²) in [6.45, 7) is 7.08. The smallest absolute Gasteiger partial charge is 0.119 e. The zero-order valence-corrected chi connectivity index (χ0v) is 11.3. The molecule has 0 amide bonds. The third kappa shape index (κ3) is 7.62. The van der Waals surface area contributed by atoms with Gasteiger partial charge in [0.15, 0.2) is 0 Å². The van der Waals surface area contributed by atoms with E-state index in [1.54, 1.807) is 6.08 Å². The molecule has 106 valence electrons. The van der Waals surface area contributed by atoms with E-state index < -0.39 is 0 Å². The van der Waals surface area contributed by atoms with Crippen LogP contribution in [0.25, 0.3) is 0 Å². The first-order chi connectivity index (χ1) is 9.36. The largest absolute Gasteiger partial charge is 0.490 e. The minimum Gasteiger partial charge on any atom is -0.490 e. The van der Waals surface area contributed by atoms with Crippen LogP contribution in [0, 0.1) is 0 Å². The predicted molar refractivity (Wildman–Crippen MR) is 76.4 cm³/mol. The fourth-order valence-corrected chi connectivity index (χ4v) is 1.56. The van der Waals surface area contributed by atoms with E-state index in [0.29, 0.717) is 19.8 Å². The molecule has 0 aromatic heterocycles. The van der Waals surface area contributed by atoms with Crippen LogP contribution < -0.4 is 10.1 Å². The lowest BCUT2D eigenvalue weighted by molar-refractivity contribution is 0.0907. The molecule has 1 aromatic carbocycles. The molecule has 1 rings (SSSR count). The maximum absolute atomic E-state index is 8.54. The molecule has 4 nitrogen and oxygen atoms in total. The van der Waals surface area contributed by atoms with Gasteiger partial charge >= 0.3 is 0 Å². The lowest BCUT2D eigenvalue weighted by Crippen LogP contribution is -2.16. The van der Waals surface area contributed by atoms with Crippen molar-refractivity contribution in [1.29, 1.82) is 0 Å². The van der Waals surface area contributed by atoms with Gasteiger partial charge < -0.3 is 19.9 Å². The molecule has 1 aromatic rings. The summed E-state index contributed by atoms with van der Waals surface area (Å²) in [7, 11) is 0.